The van der Waals surface area contributed by atoms with Gasteiger partial charge in [0.25, 0.3) is 11.8 Å². The molecule has 3 aromatic carbocycles. The number of nitrogens with one attached hydrogen (secondary N) is 2. The lowest BCUT2D eigenvalue weighted by Gasteiger charge is -2.49. The molecule has 3 N–H and O–H groups in total. The second-order valence-corrected chi connectivity index (χ2v) is 15.8. The minimum atomic E-state index is -1.20. The molecule has 274 valence electrons. The smallest absolute Gasteiger partial charge is 0.352 e. The summed E-state index contributed by atoms with van der Waals surface area (Å²) in [7, 11) is 0. The van der Waals surface area contributed by atoms with Crippen molar-refractivity contribution in [1.82, 2.24) is 15.2 Å². The van der Waals surface area contributed by atoms with Crippen molar-refractivity contribution in [3.8, 4) is 0 Å². The molecule has 0 aliphatic carbocycles. The zero-order valence-corrected chi connectivity index (χ0v) is 32.7. The first-order valence-corrected chi connectivity index (χ1v) is 20.0. The van der Waals surface area contributed by atoms with Crippen LogP contribution in [0.1, 0.15) is 43.2 Å². The summed E-state index contributed by atoms with van der Waals surface area (Å²) >= 11 is 4.68. The summed E-state index contributed by atoms with van der Waals surface area (Å²) < 4.78 is 5.77. The Balaban J connectivity index is 1.34. The number of thiazole rings is 1. The number of amides is 2. The van der Waals surface area contributed by atoms with Gasteiger partial charge in [-0.2, -0.15) is 0 Å². The van der Waals surface area contributed by atoms with Crippen LogP contribution in [0.5, 0.6) is 0 Å². The number of hydrogen-bond acceptors (Lipinski definition) is 11. The summed E-state index contributed by atoms with van der Waals surface area (Å²) in [5.74, 6) is -2.83. The molecule has 12 nitrogen and oxygen atoms in total. The maximum Gasteiger partial charge on any atom is 0.352 e. The van der Waals surface area contributed by atoms with E-state index in [0.29, 0.717) is 20.9 Å². The van der Waals surface area contributed by atoms with Gasteiger partial charge in [0.1, 0.15) is 33.9 Å². The molecule has 2 aliphatic rings. The molecule has 4 aromatic rings. The Morgan fingerprint density at radius 3 is 2.04 bits per heavy atom. The van der Waals surface area contributed by atoms with E-state index in [2.05, 4.69) is 38.4 Å². The fraction of sp³-hybridized carbons (Fsp3) is 0.263. The number of alkyl halides is 1. The molecule has 15 heteroatoms. The van der Waals surface area contributed by atoms with Crippen LogP contribution in [0.25, 0.3) is 0 Å². The summed E-state index contributed by atoms with van der Waals surface area (Å²) in [5.41, 5.74) is 1.59. The topological polar surface area (TPSA) is 160 Å². The first-order valence-electron chi connectivity index (χ1n) is 16.5. The highest BCUT2D eigenvalue weighted by atomic mass is 127. The predicted molar refractivity (Wildman–Crippen MR) is 212 cm³/mol. The lowest BCUT2D eigenvalue weighted by molar-refractivity contribution is -0.160. The Morgan fingerprint density at radius 2 is 1.53 bits per heavy atom. The number of carbonyl (C=O) groups is 4. The number of oxime groups is 1. The van der Waals surface area contributed by atoms with Crippen LogP contribution >= 0.6 is 45.7 Å². The Labute approximate surface area is 328 Å². The van der Waals surface area contributed by atoms with Gasteiger partial charge < -0.3 is 25.3 Å². The summed E-state index contributed by atoms with van der Waals surface area (Å²) in [6.45, 7) is 4.57. The molecule has 0 bridgehead atoms. The number of aliphatic carboxylic acids is 1. The van der Waals surface area contributed by atoms with E-state index in [4.69, 9.17) is 14.6 Å². The predicted octanol–water partition coefficient (Wildman–Crippen LogP) is 5.78. The van der Waals surface area contributed by atoms with Crippen LogP contribution in [0, 0.1) is 0 Å². The number of rotatable bonds is 13. The molecule has 1 aromatic heterocycles. The van der Waals surface area contributed by atoms with Crippen molar-refractivity contribution in [3.05, 3.63) is 130 Å². The fourth-order valence-electron chi connectivity index (χ4n) is 6.10. The van der Waals surface area contributed by atoms with E-state index in [1.807, 2.05) is 91.0 Å². The second-order valence-electron chi connectivity index (χ2n) is 13.1. The van der Waals surface area contributed by atoms with Crippen molar-refractivity contribution >= 4 is 80.3 Å². The van der Waals surface area contributed by atoms with Crippen molar-refractivity contribution < 1.29 is 33.9 Å². The van der Waals surface area contributed by atoms with Crippen LogP contribution in [-0.4, -0.2) is 78.3 Å². The summed E-state index contributed by atoms with van der Waals surface area (Å²) in [5, 5.41) is 21.7. The van der Waals surface area contributed by atoms with Crippen LogP contribution in [0.3, 0.4) is 0 Å². The maximum atomic E-state index is 14.0. The number of aromatic nitrogens is 1. The third-order valence-corrected chi connectivity index (χ3v) is 11.4. The summed E-state index contributed by atoms with van der Waals surface area (Å²) in [4.78, 5) is 63.1. The van der Waals surface area contributed by atoms with E-state index < -0.39 is 52.9 Å². The highest BCUT2D eigenvalue weighted by Gasteiger charge is 2.54. The molecule has 53 heavy (non-hydrogen) atoms. The zero-order valence-electron chi connectivity index (χ0n) is 28.9. The number of ether oxygens (including phenoxy) is 1. The number of thioether (sulfide) groups is 1. The molecule has 6 rings (SSSR count). The minimum absolute atomic E-state index is 0.0535. The van der Waals surface area contributed by atoms with Crippen molar-refractivity contribution in [2.75, 3.05) is 22.1 Å². The van der Waals surface area contributed by atoms with Gasteiger partial charge in [-0.05, 0) is 43.0 Å². The number of carboxylic acid groups (broad SMARTS) is 1. The molecule has 2 amide bonds. The molecule has 0 radical (unpaired) electrons. The highest BCUT2D eigenvalue weighted by Crippen LogP contribution is 2.42. The molecule has 1 fully saturated rings. The summed E-state index contributed by atoms with van der Waals surface area (Å²) in [6, 6.07) is 28.8. The molecule has 1 saturated heterocycles. The molecule has 2 aliphatic heterocycles. The van der Waals surface area contributed by atoms with Crippen molar-refractivity contribution in [2.45, 2.75) is 43.3 Å². The van der Waals surface area contributed by atoms with Gasteiger partial charge in [-0.3, -0.25) is 14.5 Å². The van der Waals surface area contributed by atoms with Gasteiger partial charge in [0.2, 0.25) is 6.61 Å². The van der Waals surface area contributed by atoms with Crippen molar-refractivity contribution in [3.63, 3.8) is 0 Å². The van der Waals surface area contributed by atoms with Gasteiger partial charge in [-0.15, -0.1) is 23.1 Å². The normalized spacial score (nSPS) is 17.4. The van der Waals surface area contributed by atoms with E-state index >= 15 is 0 Å². The Kier molecular flexibility index (Phi) is 11.5. The van der Waals surface area contributed by atoms with Crippen LogP contribution in [-0.2, 0) is 34.3 Å². The lowest BCUT2D eigenvalue weighted by Crippen LogP contribution is -2.71. The zero-order chi connectivity index (χ0) is 37.8. The molecule has 3 heterocycles. The first-order chi connectivity index (χ1) is 25.4. The number of fused-ring (bicyclic) bond motifs is 1. The molecule has 0 spiro atoms. The first kappa shape index (κ1) is 38.0. The molecule has 0 saturated carbocycles. The van der Waals surface area contributed by atoms with Crippen LogP contribution in [0.2, 0.25) is 0 Å². The number of esters is 1. The maximum absolute atomic E-state index is 14.0. The average molecular weight is 866 g/mol. The van der Waals surface area contributed by atoms with E-state index in [0.717, 1.165) is 16.7 Å². The fourth-order valence-corrected chi connectivity index (χ4v) is 9.20. The third kappa shape index (κ3) is 8.11. The molecule has 1 unspecified atom stereocenters. The second kappa shape index (κ2) is 16.1. The molecular weight excluding hydrogens is 829 g/mol. The average Bonchev–Trinajstić information content (AvgIpc) is 3.61. The Hall–Kier alpha value is -4.74. The van der Waals surface area contributed by atoms with E-state index in [1.165, 1.54) is 28.0 Å². The number of carboxylic acids is 1. The largest absolute Gasteiger partial charge is 0.477 e. The number of halogens is 1. The molecule has 2 atom stereocenters. The number of hydrogen-bond donors (Lipinski definition) is 3. The number of anilines is 1. The minimum Gasteiger partial charge on any atom is -0.477 e. The third-order valence-electron chi connectivity index (χ3n) is 8.33. The van der Waals surface area contributed by atoms with Gasteiger partial charge in [-0.1, -0.05) is 119 Å². The summed E-state index contributed by atoms with van der Waals surface area (Å²) in [6.07, 6.45) is 0. The quantitative estimate of drug-likeness (QED) is 0.0286. The highest BCUT2D eigenvalue weighted by molar-refractivity contribution is 14.1. The van der Waals surface area contributed by atoms with Gasteiger partial charge >= 0.3 is 11.9 Å². The standard InChI is InChI=1S/C38H36IN5O7S2/c1-37(2,3)51-28(45)20-50-43-29(32(46)41-30-33(47)44-31(35(48)49)23(19-39)21-52-34(30)44)27-22-53-36(40-27)42-38(24-13-7-4-8-14-24,25-15-9-5-10-16-25)26-17-11-6-12-18-26/h4-18,22,30,34H,19-21H2,1-3H3,(H,40,42)(H,41,46)(H,48,49)/b43-29-/t30?,34-/m1/s1. The number of carbonyl (C=O) groups excluding carboxylic acids is 3. The Morgan fingerprint density at radius 1 is 0.962 bits per heavy atom. The van der Waals surface area contributed by atoms with Crippen molar-refractivity contribution in [2.24, 2.45) is 5.16 Å². The Bertz CT molecular complexity index is 1960. The lowest BCUT2D eigenvalue weighted by atomic mass is 9.77. The SMILES string of the molecule is CC(C)(C)OC(=O)CO/N=C(\C(=O)NC1C(=O)N2C(C(=O)O)=C(CI)CS[C@H]12)c1csc(NC(c2ccccc2)(c2ccccc2)c2ccccc2)n1. The van der Waals surface area contributed by atoms with Gasteiger partial charge in [0.05, 0.1) is 0 Å². The van der Waals surface area contributed by atoms with Gasteiger partial charge in [0, 0.05) is 15.6 Å². The van der Waals surface area contributed by atoms with Gasteiger partial charge in [-0.25, -0.2) is 14.6 Å². The number of β-lactam (4-membered cyclic amide) rings is 1. The van der Waals surface area contributed by atoms with E-state index in [9.17, 15) is 24.3 Å². The van der Waals surface area contributed by atoms with E-state index in [1.54, 1.807) is 26.2 Å². The van der Waals surface area contributed by atoms with Crippen LogP contribution < -0.4 is 10.6 Å². The van der Waals surface area contributed by atoms with Crippen molar-refractivity contribution in [1.29, 1.82) is 0 Å². The number of nitrogens with zero attached hydrogens (tertiary/aromatic N) is 3. The number of benzene rings is 3. The van der Waals surface area contributed by atoms with E-state index in [-0.39, 0.29) is 17.1 Å². The van der Waals surface area contributed by atoms with Crippen LogP contribution in [0.15, 0.2) is 113 Å². The molecular formula is C38H36IN5O7S2. The monoisotopic (exact) mass is 865 g/mol. The van der Waals surface area contributed by atoms with Gasteiger partial charge in [0.15, 0.2) is 10.8 Å². The van der Waals surface area contributed by atoms with Crippen LogP contribution in [0.4, 0.5) is 5.13 Å².